The zero-order valence-electron chi connectivity index (χ0n) is 8.57. The van der Waals surface area contributed by atoms with Crippen molar-refractivity contribution in [3.8, 4) is 0 Å². The fourth-order valence-corrected chi connectivity index (χ4v) is 1.98. The summed E-state index contributed by atoms with van der Waals surface area (Å²) in [5, 5.41) is 0. The molecule has 1 aliphatic rings. The van der Waals surface area contributed by atoms with Gasteiger partial charge in [-0.2, -0.15) is 0 Å². The Morgan fingerprint density at radius 1 is 1.71 bits per heavy atom. The van der Waals surface area contributed by atoms with Gasteiger partial charge in [0.1, 0.15) is 5.76 Å². The second kappa shape index (κ2) is 4.11. The molecule has 2 rings (SSSR count). The van der Waals surface area contributed by atoms with E-state index in [1.807, 2.05) is 0 Å². The van der Waals surface area contributed by atoms with Gasteiger partial charge in [-0.3, -0.25) is 0 Å². The van der Waals surface area contributed by atoms with Crippen molar-refractivity contribution in [2.75, 3.05) is 13.6 Å². The Bertz CT molecular complexity index is 297. The molecule has 1 aromatic heterocycles. The van der Waals surface area contributed by atoms with Gasteiger partial charge in [-0.15, -0.1) is 0 Å². The van der Waals surface area contributed by atoms with Gasteiger partial charge in [0.15, 0.2) is 5.89 Å². The van der Waals surface area contributed by atoms with E-state index in [2.05, 4.69) is 16.9 Å². The highest BCUT2D eigenvalue weighted by Gasteiger charge is 2.22. The number of likely N-dealkylation sites (tertiary alicyclic amines) is 1. The van der Waals surface area contributed by atoms with Crippen LogP contribution in [0.2, 0.25) is 0 Å². The molecular weight excluding hydrogens is 178 g/mol. The van der Waals surface area contributed by atoms with E-state index in [-0.39, 0.29) is 0 Å². The Morgan fingerprint density at radius 2 is 2.57 bits per heavy atom. The van der Waals surface area contributed by atoms with E-state index < -0.39 is 0 Å². The molecule has 0 bridgehead atoms. The molecule has 1 atom stereocenters. The van der Waals surface area contributed by atoms with Crippen molar-refractivity contribution in [1.82, 2.24) is 9.88 Å². The van der Waals surface area contributed by atoms with Gasteiger partial charge in [0.2, 0.25) is 0 Å². The van der Waals surface area contributed by atoms with Crippen LogP contribution in [0.1, 0.15) is 24.5 Å². The highest BCUT2D eigenvalue weighted by atomic mass is 16.4. The Kier molecular flexibility index (Phi) is 2.84. The fraction of sp³-hybridized carbons (Fsp3) is 0.700. The summed E-state index contributed by atoms with van der Waals surface area (Å²) in [6, 6.07) is 0.597. The Hall–Kier alpha value is -0.870. The normalized spacial score (nSPS) is 23.1. The molecule has 2 heterocycles. The van der Waals surface area contributed by atoms with Crippen LogP contribution < -0.4 is 5.73 Å². The molecule has 0 saturated carbocycles. The Labute approximate surface area is 84.1 Å². The van der Waals surface area contributed by atoms with Gasteiger partial charge in [0.25, 0.3) is 0 Å². The number of nitrogens with zero attached hydrogens (tertiary/aromatic N) is 2. The third-order valence-electron chi connectivity index (χ3n) is 2.88. The first-order chi connectivity index (χ1) is 6.79. The van der Waals surface area contributed by atoms with Crippen LogP contribution in [-0.2, 0) is 13.0 Å². The standard InChI is InChI=1S/C10H17N3O/c1-13-4-2-3-8(13)5-10-12-7-9(6-11)14-10/h7-8H,2-6,11H2,1H3. The first kappa shape index (κ1) is 9.68. The molecule has 0 radical (unpaired) electrons. The van der Waals surface area contributed by atoms with E-state index >= 15 is 0 Å². The van der Waals surface area contributed by atoms with E-state index in [1.54, 1.807) is 6.20 Å². The lowest BCUT2D eigenvalue weighted by Crippen LogP contribution is -2.26. The van der Waals surface area contributed by atoms with E-state index in [4.69, 9.17) is 10.2 Å². The molecule has 1 aliphatic heterocycles. The minimum absolute atomic E-state index is 0.438. The molecule has 2 N–H and O–H groups in total. The zero-order chi connectivity index (χ0) is 9.97. The number of hydrogen-bond donors (Lipinski definition) is 1. The number of likely N-dealkylation sites (N-methyl/N-ethyl adjacent to an activating group) is 1. The number of aromatic nitrogens is 1. The predicted octanol–water partition coefficient (Wildman–Crippen LogP) is 0.770. The second-order valence-corrected chi connectivity index (χ2v) is 3.91. The van der Waals surface area contributed by atoms with Crippen LogP contribution in [0.25, 0.3) is 0 Å². The predicted molar refractivity (Wildman–Crippen MR) is 53.8 cm³/mol. The quantitative estimate of drug-likeness (QED) is 0.774. The lowest BCUT2D eigenvalue weighted by Gasteiger charge is -2.17. The van der Waals surface area contributed by atoms with Gasteiger partial charge in [0, 0.05) is 12.5 Å². The topological polar surface area (TPSA) is 55.3 Å². The lowest BCUT2D eigenvalue weighted by molar-refractivity contribution is 0.289. The molecule has 0 aromatic carbocycles. The van der Waals surface area contributed by atoms with Crippen LogP contribution in [-0.4, -0.2) is 29.5 Å². The molecular formula is C10H17N3O. The molecule has 0 spiro atoms. The van der Waals surface area contributed by atoms with Crippen molar-refractivity contribution < 1.29 is 4.42 Å². The summed E-state index contributed by atoms with van der Waals surface area (Å²) >= 11 is 0. The van der Waals surface area contributed by atoms with Crippen molar-refractivity contribution in [1.29, 1.82) is 0 Å². The summed E-state index contributed by atoms with van der Waals surface area (Å²) in [5.74, 6) is 1.60. The molecule has 1 aromatic rings. The SMILES string of the molecule is CN1CCCC1Cc1ncc(CN)o1. The minimum Gasteiger partial charge on any atom is -0.444 e. The molecule has 78 valence electrons. The monoisotopic (exact) mass is 195 g/mol. The number of nitrogens with two attached hydrogens (primary N) is 1. The highest BCUT2D eigenvalue weighted by molar-refractivity contribution is 4.96. The van der Waals surface area contributed by atoms with Crippen LogP contribution in [0.15, 0.2) is 10.6 Å². The third kappa shape index (κ3) is 1.96. The van der Waals surface area contributed by atoms with Crippen molar-refractivity contribution in [2.45, 2.75) is 31.8 Å². The maximum Gasteiger partial charge on any atom is 0.195 e. The van der Waals surface area contributed by atoms with Gasteiger partial charge in [0.05, 0.1) is 12.7 Å². The molecule has 1 saturated heterocycles. The first-order valence-corrected chi connectivity index (χ1v) is 5.13. The number of rotatable bonds is 3. The average molecular weight is 195 g/mol. The zero-order valence-corrected chi connectivity index (χ0v) is 8.57. The summed E-state index contributed by atoms with van der Waals surface area (Å²) in [5.41, 5.74) is 5.45. The molecule has 0 aliphatic carbocycles. The Morgan fingerprint density at radius 3 is 3.14 bits per heavy atom. The van der Waals surface area contributed by atoms with Gasteiger partial charge in [-0.05, 0) is 26.4 Å². The number of oxazole rings is 1. The largest absolute Gasteiger partial charge is 0.444 e. The highest BCUT2D eigenvalue weighted by Crippen LogP contribution is 2.18. The fourth-order valence-electron chi connectivity index (χ4n) is 1.98. The van der Waals surface area contributed by atoms with Gasteiger partial charge in [-0.1, -0.05) is 0 Å². The van der Waals surface area contributed by atoms with Crippen LogP contribution >= 0.6 is 0 Å². The minimum atomic E-state index is 0.438. The molecule has 4 nitrogen and oxygen atoms in total. The number of hydrogen-bond acceptors (Lipinski definition) is 4. The molecule has 0 amide bonds. The van der Waals surface area contributed by atoms with E-state index in [0.717, 1.165) is 18.1 Å². The van der Waals surface area contributed by atoms with E-state index in [9.17, 15) is 0 Å². The maximum atomic E-state index is 5.48. The molecule has 1 fully saturated rings. The van der Waals surface area contributed by atoms with Gasteiger partial charge < -0.3 is 15.1 Å². The second-order valence-electron chi connectivity index (χ2n) is 3.91. The molecule has 14 heavy (non-hydrogen) atoms. The summed E-state index contributed by atoms with van der Waals surface area (Å²) in [6.07, 6.45) is 5.17. The maximum absolute atomic E-state index is 5.48. The third-order valence-corrected chi connectivity index (χ3v) is 2.88. The van der Waals surface area contributed by atoms with Crippen molar-refractivity contribution in [2.24, 2.45) is 5.73 Å². The van der Waals surface area contributed by atoms with Crippen LogP contribution in [0.4, 0.5) is 0 Å². The smallest absolute Gasteiger partial charge is 0.195 e. The van der Waals surface area contributed by atoms with E-state index in [0.29, 0.717) is 12.6 Å². The first-order valence-electron chi connectivity index (χ1n) is 5.13. The van der Waals surface area contributed by atoms with Gasteiger partial charge in [-0.25, -0.2) is 4.98 Å². The Balaban J connectivity index is 1.96. The molecule has 4 heteroatoms. The van der Waals surface area contributed by atoms with Crippen molar-refractivity contribution in [3.05, 3.63) is 17.8 Å². The average Bonchev–Trinajstić information content (AvgIpc) is 2.77. The summed E-state index contributed by atoms with van der Waals surface area (Å²) in [6.45, 7) is 1.63. The van der Waals surface area contributed by atoms with E-state index in [1.165, 1.54) is 19.4 Å². The van der Waals surface area contributed by atoms with Crippen LogP contribution in [0.5, 0.6) is 0 Å². The van der Waals surface area contributed by atoms with Crippen molar-refractivity contribution >= 4 is 0 Å². The van der Waals surface area contributed by atoms with Gasteiger partial charge >= 0.3 is 0 Å². The van der Waals surface area contributed by atoms with Crippen LogP contribution in [0, 0.1) is 0 Å². The van der Waals surface area contributed by atoms with Crippen molar-refractivity contribution in [3.63, 3.8) is 0 Å². The summed E-state index contributed by atoms with van der Waals surface area (Å²) < 4.78 is 5.48. The summed E-state index contributed by atoms with van der Waals surface area (Å²) in [7, 11) is 2.16. The lowest BCUT2D eigenvalue weighted by atomic mass is 10.1. The van der Waals surface area contributed by atoms with Crippen LogP contribution in [0.3, 0.4) is 0 Å². The summed E-state index contributed by atoms with van der Waals surface area (Å²) in [4.78, 5) is 6.58. The molecule has 1 unspecified atom stereocenters.